The second kappa shape index (κ2) is 10.3. The lowest BCUT2D eigenvalue weighted by molar-refractivity contribution is 0.251. The van der Waals surface area contributed by atoms with Gasteiger partial charge in [0.25, 0.3) is 0 Å². The average Bonchev–Trinajstić information content (AvgIpc) is 3.55. The monoisotopic (exact) mass is 474 g/mol. The first-order valence-electron chi connectivity index (χ1n) is 10.7. The molecule has 0 unspecified atom stereocenters. The number of nitrogens with one attached hydrogen (secondary N) is 2. The van der Waals surface area contributed by atoms with Crippen LogP contribution in [-0.2, 0) is 0 Å². The maximum Gasteiger partial charge on any atom is 0.320 e. The van der Waals surface area contributed by atoms with Crippen LogP contribution in [0.3, 0.4) is 0 Å². The lowest BCUT2D eigenvalue weighted by atomic mass is 10.1. The van der Waals surface area contributed by atoms with E-state index in [9.17, 15) is 8.68 Å². The van der Waals surface area contributed by atoms with E-state index in [1.165, 1.54) is 11.1 Å². The smallest absolute Gasteiger partial charge is 0.320 e. The van der Waals surface area contributed by atoms with E-state index in [1.807, 2.05) is 19.0 Å². The van der Waals surface area contributed by atoms with Crippen LogP contribution in [0.5, 0.6) is 11.6 Å². The normalized spacial score (nSPS) is 13.4. The van der Waals surface area contributed by atoms with Crippen LogP contribution in [-0.4, -0.2) is 65.3 Å². The molecule has 1 fully saturated rings. The van der Waals surface area contributed by atoms with Gasteiger partial charge >= 0.3 is 6.03 Å². The van der Waals surface area contributed by atoms with Crippen LogP contribution in [0.15, 0.2) is 30.6 Å². The van der Waals surface area contributed by atoms with Crippen LogP contribution in [0.2, 0.25) is 0 Å². The van der Waals surface area contributed by atoms with Crippen LogP contribution in [0.4, 0.5) is 14.5 Å². The Morgan fingerprint density at radius 2 is 2.15 bits per heavy atom. The summed E-state index contributed by atoms with van der Waals surface area (Å²) >= 11 is 0.0256. The summed E-state index contributed by atoms with van der Waals surface area (Å²) in [7, 11) is 5.49. The van der Waals surface area contributed by atoms with Crippen LogP contribution < -0.4 is 20.1 Å². The maximum atomic E-state index is 13.8. The van der Waals surface area contributed by atoms with Crippen molar-refractivity contribution in [3.05, 3.63) is 30.6 Å². The molecule has 176 valence electrons. The number of nitrogens with zero attached hydrogens (tertiary/aromatic N) is 4. The number of carbonyl (C=O) groups excluding carboxylic acids is 1. The second-order valence-electron chi connectivity index (χ2n) is 8.05. The summed E-state index contributed by atoms with van der Waals surface area (Å²) in [5.41, 5.74) is 1.69. The van der Waals surface area contributed by atoms with Gasteiger partial charge in [0.1, 0.15) is 11.6 Å². The van der Waals surface area contributed by atoms with Gasteiger partial charge in [-0.2, -0.15) is 0 Å². The first-order chi connectivity index (χ1) is 16.0. The standard InChI is InChI=1S/C22H27FN6O3S/c1-28(2)12-4-10-25-22(30)27-18-8-7-15-16(13-29(33-23)20(15)26-18)19-17(32-14-5-6-14)9-11-24-21(19)31-3/h7-9,11,13-14H,4-6,10,12H2,1-3H3,(H2,25,26,27,30). The maximum absolute atomic E-state index is 13.8. The van der Waals surface area contributed by atoms with Gasteiger partial charge in [-0.15, -0.1) is 3.89 Å². The lowest BCUT2D eigenvalue weighted by Gasteiger charge is -2.13. The van der Waals surface area contributed by atoms with Gasteiger partial charge in [0.05, 0.1) is 18.8 Å². The lowest BCUT2D eigenvalue weighted by Crippen LogP contribution is -2.31. The molecule has 1 aliphatic carbocycles. The Labute approximate surface area is 196 Å². The van der Waals surface area contributed by atoms with Crippen LogP contribution in [0, 0.1) is 0 Å². The predicted molar refractivity (Wildman–Crippen MR) is 127 cm³/mol. The predicted octanol–water partition coefficient (Wildman–Crippen LogP) is 4.10. The van der Waals surface area contributed by atoms with E-state index in [-0.39, 0.29) is 24.5 Å². The van der Waals surface area contributed by atoms with E-state index >= 15 is 0 Å². The summed E-state index contributed by atoms with van der Waals surface area (Å²) in [5, 5.41) is 6.19. The first-order valence-corrected chi connectivity index (χ1v) is 11.4. The Morgan fingerprint density at radius 3 is 2.85 bits per heavy atom. The van der Waals surface area contributed by atoms with Gasteiger partial charge in [0, 0.05) is 29.9 Å². The number of anilines is 1. The highest BCUT2D eigenvalue weighted by atomic mass is 32.2. The third-order valence-electron chi connectivity index (χ3n) is 5.16. The number of ether oxygens (including phenoxy) is 2. The molecule has 0 spiro atoms. The molecule has 11 heteroatoms. The van der Waals surface area contributed by atoms with Crippen LogP contribution in [0.25, 0.3) is 22.2 Å². The van der Waals surface area contributed by atoms with Crippen LogP contribution >= 0.6 is 12.3 Å². The molecule has 3 aromatic heterocycles. The molecule has 9 nitrogen and oxygen atoms in total. The number of hydrogen-bond acceptors (Lipinski definition) is 7. The Kier molecular flexibility index (Phi) is 7.19. The van der Waals surface area contributed by atoms with Gasteiger partial charge in [-0.3, -0.25) is 5.32 Å². The summed E-state index contributed by atoms with van der Waals surface area (Å²) in [6, 6.07) is 4.90. The zero-order valence-corrected chi connectivity index (χ0v) is 19.6. The number of urea groups is 1. The molecule has 3 aromatic rings. The molecular weight excluding hydrogens is 447 g/mol. The molecular formula is C22H27FN6O3S. The largest absolute Gasteiger partial charge is 0.490 e. The highest BCUT2D eigenvalue weighted by Gasteiger charge is 2.27. The number of hydrogen-bond donors (Lipinski definition) is 2. The zero-order chi connectivity index (χ0) is 23.4. The Morgan fingerprint density at radius 1 is 1.33 bits per heavy atom. The van der Waals surface area contributed by atoms with E-state index in [4.69, 9.17) is 9.47 Å². The van der Waals surface area contributed by atoms with Gasteiger partial charge in [0.2, 0.25) is 5.88 Å². The van der Waals surface area contributed by atoms with Crippen molar-refractivity contribution in [2.45, 2.75) is 25.4 Å². The van der Waals surface area contributed by atoms with Gasteiger partial charge in [-0.05, 0) is 58.1 Å². The third-order valence-corrected chi connectivity index (χ3v) is 5.59. The summed E-state index contributed by atoms with van der Waals surface area (Å²) in [6.07, 6.45) is 6.26. The van der Waals surface area contributed by atoms with Gasteiger partial charge in [-0.25, -0.2) is 18.7 Å². The summed E-state index contributed by atoms with van der Waals surface area (Å²) in [5.74, 6) is 1.34. The highest BCUT2D eigenvalue weighted by Crippen LogP contribution is 2.43. The molecule has 2 amide bonds. The fourth-order valence-electron chi connectivity index (χ4n) is 3.45. The number of pyridine rings is 2. The fraction of sp³-hybridized carbons (Fsp3) is 0.409. The number of halogens is 1. The number of fused-ring (bicyclic) bond motifs is 1. The van der Waals surface area contributed by atoms with E-state index in [0.717, 1.165) is 25.8 Å². The van der Waals surface area contributed by atoms with Gasteiger partial charge < -0.3 is 19.7 Å². The molecule has 1 saturated carbocycles. The van der Waals surface area contributed by atoms with E-state index < -0.39 is 0 Å². The van der Waals surface area contributed by atoms with E-state index in [0.29, 0.717) is 46.2 Å². The molecule has 1 aliphatic rings. The Hall–Kier alpha value is -3.05. The average molecular weight is 475 g/mol. The van der Waals surface area contributed by atoms with Crippen molar-refractivity contribution in [1.82, 2.24) is 24.2 Å². The molecule has 0 aromatic carbocycles. The van der Waals surface area contributed by atoms with Gasteiger partial charge in [0.15, 0.2) is 18.0 Å². The molecule has 0 saturated heterocycles. The van der Waals surface area contributed by atoms with Crippen molar-refractivity contribution >= 4 is 35.2 Å². The minimum absolute atomic E-state index is 0.0256. The second-order valence-corrected chi connectivity index (χ2v) is 8.58. The summed E-state index contributed by atoms with van der Waals surface area (Å²) in [4.78, 5) is 23.0. The summed E-state index contributed by atoms with van der Waals surface area (Å²) in [6.45, 7) is 1.41. The third kappa shape index (κ3) is 5.48. The summed E-state index contributed by atoms with van der Waals surface area (Å²) < 4.78 is 26.7. The minimum Gasteiger partial charge on any atom is -0.490 e. The molecule has 0 radical (unpaired) electrons. The van der Waals surface area contributed by atoms with Crippen LogP contribution in [0.1, 0.15) is 19.3 Å². The van der Waals surface area contributed by atoms with E-state index in [1.54, 1.807) is 30.6 Å². The molecule has 0 aliphatic heterocycles. The van der Waals surface area contributed by atoms with Gasteiger partial charge in [-0.1, -0.05) is 0 Å². The number of aromatic nitrogens is 3. The van der Waals surface area contributed by atoms with Crippen molar-refractivity contribution < 1.29 is 18.2 Å². The van der Waals surface area contributed by atoms with Crippen molar-refractivity contribution in [3.63, 3.8) is 0 Å². The molecule has 3 heterocycles. The number of rotatable bonds is 10. The number of amides is 2. The quantitative estimate of drug-likeness (QED) is 0.427. The Balaban J connectivity index is 1.61. The first kappa shape index (κ1) is 23.1. The number of carbonyl (C=O) groups is 1. The molecule has 2 N–H and O–H groups in total. The van der Waals surface area contributed by atoms with Crippen molar-refractivity contribution in [1.29, 1.82) is 0 Å². The van der Waals surface area contributed by atoms with Crippen molar-refractivity contribution in [2.75, 3.05) is 39.6 Å². The molecule has 0 atom stereocenters. The molecule has 0 bridgehead atoms. The van der Waals surface area contributed by atoms with Crippen molar-refractivity contribution in [3.8, 4) is 22.8 Å². The SMILES string of the molecule is COc1nccc(OC2CC2)c1-c1cn(SF)c2nc(NC(=O)NCCCN(C)C)ccc12. The fourth-order valence-corrected chi connectivity index (χ4v) is 3.80. The molecule has 33 heavy (non-hydrogen) atoms. The molecule has 4 rings (SSSR count). The Bertz CT molecular complexity index is 1130. The zero-order valence-electron chi connectivity index (χ0n) is 18.8. The van der Waals surface area contributed by atoms with Crippen molar-refractivity contribution in [2.24, 2.45) is 0 Å². The number of methoxy groups -OCH3 is 1. The topological polar surface area (TPSA) is 93.5 Å². The highest BCUT2D eigenvalue weighted by molar-refractivity contribution is 7.92. The minimum atomic E-state index is -0.360. The van der Waals surface area contributed by atoms with E-state index in [2.05, 4.69) is 20.6 Å².